The molecule has 0 unspecified atom stereocenters. The minimum Gasteiger partial charge on any atom is -0.497 e. The highest BCUT2D eigenvalue weighted by atomic mass is 32.1. The average molecular weight is 276 g/mol. The fourth-order valence-electron chi connectivity index (χ4n) is 2.82. The highest BCUT2D eigenvalue weighted by Crippen LogP contribution is 2.38. The van der Waals surface area contributed by atoms with Gasteiger partial charge in [-0.2, -0.15) is 0 Å². The van der Waals surface area contributed by atoms with Crippen molar-refractivity contribution in [1.29, 1.82) is 0 Å². The monoisotopic (exact) mass is 276 g/mol. The van der Waals surface area contributed by atoms with E-state index >= 15 is 0 Å². The fraction of sp³-hybridized carbons (Fsp3) is 0.533. The lowest BCUT2D eigenvalue weighted by atomic mass is 9.92. The first-order chi connectivity index (χ1) is 9.21. The normalized spacial score (nSPS) is 19.3. The van der Waals surface area contributed by atoms with Gasteiger partial charge in [0.2, 0.25) is 0 Å². The van der Waals surface area contributed by atoms with Gasteiger partial charge in [0.1, 0.15) is 10.8 Å². The molecule has 1 aliphatic carbocycles. The van der Waals surface area contributed by atoms with Crippen molar-refractivity contribution in [2.24, 2.45) is 5.73 Å². The highest BCUT2D eigenvalue weighted by molar-refractivity contribution is 7.18. The Kier molecular flexibility index (Phi) is 3.46. The number of aromatic nitrogens is 1. The molecule has 0 saturated heterocycles. The molecule has 1 saturated carbocycles. The van der Waals surface area contributed by atoms with Gasteiger partial charge >= 0.3 is 0 Å². The van der Waals surface area contributed by atoms with E-state index in [9.17, 15) is 0 Å². The molecule has 0 aliphatic heterocycles. The number of nitrogens with zero attached hydrogens (tertiary/aromatic N) is 1. The minimum absolute atomic E-state index is 0.215. The van der Waals surface area contributed by atoms with Gasteiger partial charge in [0.05, 0.1) is 22.9 Å². The van der Waals surface area contributed by atoms with Crippen LogP contribution in [0.4, 0.5) is 0 Å². The van der Waals surface area contributed by atoms with Crippen LogP contribution in [0.15, 0.2) is 18.2 Å². The van der Waals surface area contributed by atoms with Gasteiger partial charge in [-0.15, -0.1) is 11.3 Å². The number of thiazole rings is 1. The van der Waals surface area contributed by atoms with Crippen molar-refractivity contribution in [2.75, 3.05) is 7.11 Å². The van der Waals surface area contributed by atoms with E-state index in [0.717, 1.165) is 29.1 Å². The van der Waals surface area contributed by atoms with Crippen LogP contribution in [0.25, 0.3) is 10.2 Å². The number of fused-ring (bicyclic) bond motifs is 1. The van der Waals surface area contributed by atoms with E-state index in [1.807, 2.05) is 12.1 Å². The van der Waals surface area contributed by atoms with Crippen LogP contribution in [0.1, 0.15) is 43.5 Å². The molecular weight excluding hydrogens is 256 g/mol. The summed E-state index contributed by atoms with van der Waals surface area (Å²) in [6, 6.07) is 6.03. The zero-order chi connectivity index (χ0) is 13.3. The van der Waals surface area contributed by atoms with Crippen LogP contribution >= 0.6 is 11.3 Å². The third-order valence-electron chi connectivity index (χ3n) is 4.02. The second-order valence-corrected chi connectivity index (χ2v) is 6.45. The maximum Gasteiger partial charge on any atom is 0.120 e. The Morgan fingerprint density at radius 2 is 1.95 bits per heavy atom. The topological polar surface area (TPSA) is 48.1 Å². The van der Waals surface area contributed by atoms with Gasteiger partial charge in [-0.25, -0.2) is 4.98 Å². The van der Waals surface area contributed by atoms with E-state index in [2.05, 4.69) is 6.07 Å². The van der Waals surface area contributed by atoms with Crippen LogP contribution in [0.2, 0.25) is 0 Å². The summed E-state index contributed by atoms with van der Waals surface area (Å²) in [4.78, 5) is 4.76. The van der Waals surface area contributed by atoms with E-state index in [1.165, 1.54) is 30.4 Å². The summed E-state index contributed by atoms with van der Waals surface area (Å²) in [5.41, 5.74) is 7.45. The first kappa shape index (κ1) is 12.9. The van der Waals surface area contributed by atoms with Crippen molar-refractivity contribution in [1.82, 2.24) is 4.98 Å². The van der Waals surface area contributed by atoms with Crippen molar-refractivity contribution >= 4 is 21.6 Å². The van der Waals surface area contributed by atoms with E-state index in [0.29, 0.717) is 0 Å². The molecule has 0 atom stereocenters. The van der Waals surface area contributed by atoms with Crippen molar-refractivity contribution in [2.45, 2.75) is 44.1 Å². The highest BCUT2D eigenvalue weighted by Gasteiger charge is 2.31. The van der Waals surface area contributed by atoms with Crippen LogP contribution in [-0.4, -0.2) is 12.1 Å². The SMILES string of the molecule is COc1ccc2nc(C3(N)CCCCCC3)sc2c1. The number of ether oxygens (including phenoxy) is 1. The fourth-order valence-corrected chi connectivity index (χ4v) is 3.97. The van der Waals surface area contributed by atoms with Crippen LogP contribution in [0, 0.1) is 0 Å². The second kappa shape index (κ2) is 5.10. The zero-order valence-corrected chi connectivity index (χ0v) is 12.1. The Morgan fingerprint density at radius 3 is 2.63 bits per heavy atom. The van der Waals surface area contributed by atoms with E-state index in [4.69, 9.17) is 15.5 Å². The molecule has 0 bridgehead atoms. The summed E-state index contributed by atoms with van der Waals surface area (Å²) in [6.45, 7) is 0. The summed E-state index contributed by atoms with van der Waals surface area (Å²) in [7, 11) is 1.69. The predicted molar refractivity (Wildman–Crippen MR) is 79.7 cm³/mol. The molecule has 2 aromatic rings. The molecule has 3 rings (SSSR count). The summed E-state index contributed by atoms with van der Waals surface area (Å²) >= 11 is 1.73. The lowest BCUT2D eigenvalue weighted by Crippen LogP contribution is -2.35. The standard InChI is InChI=1S/C15H20N2OS/c1-18-11-6-7-12-13(10-11)19-14(17-12)15(16)8-4-2-3-5-9-15/h6-7,10H,2-5,8-9,16H2,1H3. The van der Waals surface area contributed by atoms with Gasteiger partial charge in [0, 0.05) is 0 Å². The Morgan fingerprint density at radius 1 is 1.21 bits per heavy atom. The molecule has 4 heteroatoms. The van der Waals surface area contributed by atoms with Crippen molar-refractivity contribution in [3.8, 4) is 5.75 Å². The Bertz CT molecular complexity index is 571. The summed E-state index contributed by atoms with van der Waals surface area (Å²) < 4.78 is 6.44. The van der Waals surface area contributed by atoms with Crippen LogP contribution in [0.3, 0.4) is 0 Å². The van der Waals surface area contributed by atoms with Gasteiger partial charge in [-0.05, 0) is 31.0 Å². The average Bonchev–Trinajstić information content (AvgIpc) is 2.74. The molecule has 102 valence electrons. The smallest absolute Gasteiger partial charge is 0.120 e. The third-order valence-corrected chi connectivity index (χ3v) is 5.26. The van der Waals surface area contributed by atoms with Gasteiger partial charge in [0.25, 0.3) is 0 Å². The summed E-state index contributed by atoms with van der Waals surface area (Å²) in [6.07, 6.45) is 7.16. The molecule has 1 aromatic heterocycles. The number of benzene rings is 1. The van der Waals surface area contributed by atoms with Gasteiger partial charge in [-0.3, -0.25) is 0 Å². The maximum absolute atomic E-state index is 6.63. The molecule has 2 N–H and O–H groups in total. The van der Waals surface area contributed by atoms with Gasteiger partial charge < -0.3 is 10.5 Å². The molecule has 0 spiro atoms. The Balaban J connectivity index is 1.99. The lowest BCUT2D eigenvalue weighted by Gasteiger charge is -2.25. The number of hydrogen-bond acceptors (Lipinski definition) is 4. The van der Waals surface area contributed by atoms with Crippen LogP contribution < -0.4 is 10.5 Å². The Hall–Kier alpha value is -1.13. The number of methoxy groups -OCH3 is 1. The lowest BCUT2D eigenvalue weighted by molar-refractivity contribution is 0.384. The largest absolute Gasteiger partial charge is 0.497 e. The first-order valence-corrected chi connectivity index (χ1v) is 7.77. The number of hydrogen-bond donors (Lipinski definition) is 1. The number of rotatable bonds is 2. The molecule has 1 fully saturated rings. The summed E-state index contributed by atoms with van der Waals surface area (Å²) in [5.74, 6) is 0.884. The molecule has 1 aromatic carbocycles. The predicted octanol–water partition coefficient (Wildman–Crippen LogP) is 3.81. The first-order valence-electron chi connectivity index (χ1n) is 6.95. The molecule has 1 heterocycles. The molecule has 0 amide bonds. The van der Waals surface area contributed by atoms with Crippen LogP contribution in [0.5, 0.6) is 5.75 Å². The maximum atomic E-state index is 6.63. The van der Waals surface area contributed by atoms with E-state index in [1.54, 1.807) is 18.4 Å². The van der Waals surface area contributed by atoms with E-state index < -0.39 is 0 Å². The molecule has 3 nitrogen and oxygen atoms in total. The van der Waals surface area contributed by atoms with Crippen molar-refractivity contribution in [3.63, 3.8) is 0 Å². The third kappa shape index (κ3) is 2.47. The van der Waals surface area contributed by atoms with Gasteiger partial charge in [-0.1, -0.05) is 25.7 Å². The molecular formula is C15H20N2OS. The van der Waals surface area contributed by atoms with Crippen LogP contribution in [-0.2, 0) is 5.54 Å². The van der Waals surface area contributed by atoms with Crippen molar-refractivity contribution < 1.29 is 4.74 Å². The quantitative estimate of drug-likeness (QED) is 0.848. The molecule has 1 aliphatic rings. The number of nitrogens with two attached hydrogens (primary N) is 1. The summed E-state index contributed by atoms with van der Waals surface area (Å²) in [5, 5.41) is 1.10. The molecule has 19 heavy (non-hydrogen) atoms. The molecule has 0 radical (unpaired) electrons. The van der Waals surface area contributed by atoms with Crippen molar-refractivity contribution in [3.05, 3.63) is 23.2 Å². The zero-order valence-electron chi connectivity index (χ0n) is 11.3. The Labute approximate surface area is 117 Å². The van der Waals surface area contributed by atoms with E-state index in [-0.39, 0.29) is 5.54 Å². The van der Waals surface area contributed by atoms with Gasteiger partial charge in [0.15, 0.2) is 0 Å². The minimum atomic E-state index is -0.215. The second-order valence-electron chi connectivity index (χ2n) is 5.42.